The van der Waals surface area contributed by atoms with Crippen molar-refractivity contribution in [3.05, 3.63) is 52.0 Å². The van der Waals surface area contributed by atoms with Crippen LogP contribution in [-0.4, -0.2) is 20.3 Å². The van der Waals surface area contributed by atoms with Crippen LogP contribution >= 0.6 is 39.1 Å². The zero-order chi connectivity index (χ0) is 17.1. The van der Waals surface area contributed by atoms with Gasteiger partial charge in [-0.15, -0.1) is 23.2 Å². The van der Waals surface area contributed by atoms with Crippen LogP contribution in [-0.2, 0) is 6.54 Å². The number of aryl methyl sites for hydroxylation is 1. The molecule has 128 valence electrons. The van der Waals surface area contributed by atoms with Gasteiger partial charge in [0.15, 0.2) is 0 Å². The Hall–Kier alpha value is -0.770. The van der Waals surface area contributed by atoms with Gasteiger partial charge in [-0.05, 0) is 50.0 Å². The molecule has 0 aliphatic heterocycles. The molecule has 0 spiro atoms. The monoisotopic (exact) mass is 426 g/mol. The normalized spacial score (nSPS) is 24.6. The first-order valence-corrected chi connectivity index (χ1v) is 10.0. The molecule has 0 bridgehead atoms. The standard InChI is InChI=1S/C19H21BrCl2N2/c1-2-24-12-18(16-9-8-15(21)11-17(16)22)23-19(24)10-5-13-3-6-14(20)7-4-13/h3-7,10,12,15-17H,2,8-9,11H2,1H3/b10-5+. The van der Waals surface area contributed by atoms with E-state index in [4.69, 9.17) is 28.2 Å². The molecule has 24 heavy (non-hydrogen) atoms. The largest absolute Gasteiger partial charge is 0.331 e. The number of halogens is 3. The van der Waals surface area contributed by atoms with Crippen molar-refractivity contribution in [2.45, 2.75) is 49.4 Å². The van der Waals surface area contributed by atoms with E-state index in [0.29, 0.717) is 5.92 Å². The predicted octanol–water partition coefficient (Wildman–Crippen LogP) is 6.32. The highest BCUT2D eigenvalue weighted by Crippen LogP contribution is 2.38. The lowest BCUT2D eigenvalue weighted by atomic mass is 9.86. The SMILES string of the molecule is CCn1cc(C2CCC(Cl)CC2Cl)nc1/C=C/c1ccc(Br)cc1. The summed E-state index contributed by atoms with van der Waals surface area (Å²) >= 11 is 16.2. The molecule has 3 unspecified atom stereocenters. The minimum Gasteiger partial charge on any atom is -0.331 e. The van der Waals surface area contributed by atoms with Crippen LogP contribution in [0.15, 0.2) is 34.9 Å². The molecule has 0 saturated heterocycles. The smallest absolute Gasteiger partial charge is 0.132 e. The Balaban J connectivity index is 1.81. The summed E-state index contributed by atoms with van der Waals surface area (Å²) in [6.45, 7) is 3.03. The first-order valence-electron chi connectivity index (χ1n) is 8.35. The lowest BCUT2D eigenvalue weighted by molar-refractivity contribution is 0.450. The summed E-state index contributed by atoms with van der Waals surface area (Å²) in [5.74, 6) is 1.28. The Morgan fingerprint density at radius 3 is 2.62 bits per heavy atom. The van der Waals surface area contributed by atoms with Crippen LogP contribution in [0.3, 0.4) is 0 Å². The first kappa shape index (κ1) is 18.0. The van der Waals surface area contributed by atoms with Gasteiger partial charge >= 0.3 is 0 Å². The van der Waals surface area contributed by atoms with Crippen LogP contribution in [0.1, 0.15) is 49.2 Å². The lowest BCUT2D eigenvalue weighted by Crippen LogP contribution is -2.24. The van der Waals surface area contributed by atoms with Crippen LogP contribution in [0, 0.1) is 0 Å². The molecule has 0 radical (unpaired) electrons. The van der Waals surface area contributed by atoms with Crippen molar-refractivity contribution in [2.75, 3.05) is 0 Å². The van der Waals surface area contributed by atoms with E-state index in [1.54, 1.807) is 0 Å². The number of aromatic nitrogens is 2. The quantitative estimate of drug-likeness (QED) is 0.522. The summed E-state index contributed by atoms with van der Waals surface area (Å²) in [5.41, 5.74) is 2.25. The minimum atomic E-state index is 0.0739. The maximum atomic E-state index is 6.55. The van der Waals surface area contributed by atoms with Crippen LogP contribution in [0.2, 0.25) is 0 Å². The van der Waals surface area contributed by atoms with E-state index in [9.17, 15) is 0 Å². The van der Waals surface area contributed by atoms with Gasteiger partial charge in [0.1, 0.15) is 5.82 Å². The molecule has 5 heteroatoms. The van der Waals surface area contributed by atoms with Gasteiger partial charge in [0.2, 0.25) is 0 Å². The van der Waals surface area contributed by atoms with E-state index in [1.165, 1.54) is 0 Å². The summed E-state index contributed by atoms with van der Waals surface area (Å²) in [7, 11) is 0. The summed E-state index contributed by atoms with van der Waals surface area (Å²) < 4.78 is 3.27. The highest BCUT2D eigenvalue weighted by Gasteiger charge is 2.31. The molecule has 1 heterocycles. The van der Waals surface area contributed by atoms with Gasteiger partial charge in [-0.3, -0.25) is 0 Å². The van der Waals surface area contributed by atoms with E-state index in [2.05, 4.69) is 57.9 Å². The van der Waals surface area contributed by atoms with Gasteiger partial charge in [0.05, 0.1) is 5.69 Å². The molecule has 3 atom stereocenters. The third kappa shape index (κ3) is 4.25. The van der Waals surface area contributed by atoms with Crippen molar-refractivity contribution in [3.63, 3.8) is 0 Å². The summed E-state index contributed by atoms with van der Waals surface area (Å²) in [6.07, 6.45) is 9.20. The summed E-state index contributed by atoms with van der Waals surface area (Å²) in [6, 6.07) is 8.24. The number of benzene rings is 1. The molecule has 0 amide bonds. The molecule has 2 aromatic rings. The van der Waals surface area contributed by atoms with E-state index in [0.717, 1.165) is 47.4 Å². The van der Waals surface area contributed by atoms with Gasteiger partial charge in [-0.25, -0.2) is 4.98 Å². The molecule has 3 rings (SSSR count). The van der Waals surface area contributed by atoms with Crippen molar-refractivity contribution in [2.24, 2.45) is 0 Å². The zero-order valence-corrected chi connectivity index (χ0v) is 16.7. The molecular weight excluding hydrogens is 407 g/mol. The highest BCUT2D eigenvalue weighted by molar-refractivity contribution is 9.10. The molecule has 1 aromatic carbocycles. The Morgan fingerprint density at radius 1 is 1.21 bits per heavy atom. The number of imidazole rings is 1. The summed E-state index contributed by atoms with van der Waals surface area (Å²) in [5, 5.41) is 0.276. The fraction of sp³-hybridized carbons (Fsp3) is 0.421. The van der Waals surface area contributed by atoms with Gasteiger partial charge < -0.3 is 4.57 Å². The number of alkyl halides is 2. The second-order valence-electron chi connectivity index (χ2n) is 6.23. The predicted molar refractivity (Wildman–Crippen MR) is 107 cm³/mol. The van der Waals surface area contributed by atoms with Crippen molar-refractivity contribution in [3.8, 4) is 0 Å². The van der Waals surface area contributed by atoms with Crippen molar-refractivity contribution < 1.29 is 0 Å². The highest BCUT2D eigenvalue weighted by atomic mass is 79.9. The van der Waals surface area contributed by atoms with Crippen molar-refractivity contribution >= 4 is 51.3 Å². The second kappa shape index (κ2) is 8.07. The average Bonchev–Trinajstić information content (AvgIpc) is 2.97. The second-order valence-corrected chi connectivity index (χ2v) is 8.32. The van der Waals surface area contributed by atoms with E-state index in [-0.39, 0.29) is 10.8 Å². The molecule has 1 aliphatic carbocycles. The number of hydrogen-bond donors (Lipinski definition) is 0. The Labute approximate surface area is 162 Å². The van der Waals surface area contributed by atoms with E-state index < -0.39 is 0 Å². The van der Waals surface area contributed by atoms with Crippen molar-refractivity contribution in [1.29, 1.82) is 0 Å². The van der Waals surface area contributed by atoms with Crippen LogP contribution in [0.5, 0.6) is 0 Å². The van der Waals surface area contributed by atoms with Crippen LogP contribution in [0.4, 0.5) is 0 Å². The summed E-state index contributed by atoms with van der Waals surface area (Å²) in [4.78, 5) is 4.85. The van der Waals surface area contributed by atoms with Crippen LogP contribution in [0.25, 0.3) is 12.2 Å². The molecule has 1 aliphatic rings. The van der Waals surface area contributed by atoms with Crippen molar-refractivity contribution in [1.82, 2.24) is 9.55 Å². The Bertz CT molecular complexity index is 709. The van der Waals surface area contributed by atoms with Gasteiger partial charge in [-0.2, -0.15) is 0 Å². The minimum absolute atomic E-state index is 0.0739. The first-order chi connectivity index (χ1) is 11.6. The fourth-order valence-electron chi connectivity index (χ4n) is 3.16. The molecule has 1 saturated carbocycles. The third-order valence-electron chi connectivity index (χ3n) is 4.55. The molecule has 2 nitrogen and oxygen atoms in total. The van der Waals surface area contributed by atoms with Crippen LogP contribution < -0.4 is 0 Å². The number of hydrogen-bond acceptors (Lipinski definition) is 1. The van der Waals surface area contributed by atoms with Gasteiger partial charge in [-0.1, -0.05) is 34.1 Å². The molecule has 0 N–H and O–H groups in total. The van der Waals surface area contributed by atoms with Gasteiger partial charge in [0, 0.05) is 33.9 Å². The Kier molecular flexibility index (Phi) is 6.07. The maximum Gasteiger partial charge on any atom is 0.132 e. The third-order valence-corrected chi connectivity index (χ3v) is 5.96. The molecular formula is C19H21BrCl2N2. The number of rotatable bonds is 4. The topological polar surface area (TPSA) is 17.8 Å². The van der Waals surface area contributed by atoms with E-state index >= 15 is 0 Å². The maximum absolute atomic E-state index is 6.55. The fourth-order valence-corrected chi connectivity index (χ4v) is 4.31. The zero-order valence-electron chi connectivity index (χ0n) is 13.6. The Morgan fingerprint density at radius 2 is 1.96 bits per heavy atom. The lowest BCUT2D eigenvalue weighted by Gasteiger charge is -2.28. The van der Waals surface area contributed by atoms with Gasteiger partial charge in [0.25, 0.3) is 0 Å². The average molecular weight is 428 g/mol. The number of nitrogens with zero attached hydrogens (tertiary/aromatic N) is 2. The molecule has 1 aromatic heterocycles. The van der Waals surface area contributed by atoms with E-state index in [1.807, 2.05) is 12.1 Å². The molecule has 1 fully saturated rings.